The summed E-state index contributed by atoms with van der Waals surface area (Å²) < 4.78 is 63.2. The van der Waals surface area contributed by atoms with E-state index in [-0.39, 0.29) is 35.6 Å². The third kappa shape index (κ3) is 4.70. The number of nitrogens with zero attached hydrogens (tertiary/aromatic N) is 6. The van der Waals surface area contributed by atoms with E-state index in [1.165, 1.54) is 24.3 Å². The van der Waals surface area contributed by atoms with Crippen LogP contribution in [-0.4, -0.2) is 22.7 Å². The Morgan fingerprint density at radius 3 is 2.79 bits per heavy atom. The number of amides is 2. The summed E-state index contributed by atoms with van der Waals surface area (Å²) in [5.41, 5.74) is 7.07. The van der Waals surface area contributed by atoms with Crippen LogP contribution in [-0.2, 0) is 6.18 Å². The molecule has 3 aromatic rings. The summed E-state index contributed by atoms with van der Waals surface area (Å²) in [7, 11) is 0. The van der Waals surface area contributed by atoms with Gasteiger partial charge in [0.15, 0.2) is 6.73 Å². The molecule has 168 valence electrons. The number of halogens is 4. The summed E-state index contributed by atoms with van der Waals surface area (Å²) in [6, 6.07) is 7.15. The average molecular weight is 461 g/mol. The van der Waals surface area contributed by atoms with E-state index in [9.17, 15) is 22.4 Å². The van der Waals surface area contributed by atoms with Gasteiger partial charge >= 0.3 is 12.2 Å². The fraction of sp³-hybridized carbons (Fsp3) is 0.105. The minimum Gasteiger partial charge on any atom is -0.470 e. The Kier molecular flexibility index (Phi) is 5.58. The number of urea groups is 1. The summed E-state index contributed by atoms with van der Waals surface area (Å²) >= 11 is 0. The Bertz CT molecular complexity index is 1280. The predicted molar refractivity (Wildman–Crippen MR) is 106 cm³/mol. The molecule has 0 fully saturated rings. The molecule has 0 saturated heterocycles. The molecule has 2 amide bonds. The lowest BCUT2D eigenvalue weighted by molar-refractivity contribution is -0.139. The van der Waals surface area contributed by atoms with Crippen molar-refractivity contribution >= 4 is 23.2 Å². The minimum atomic E-state index is -4.91. The summed E-state index contributed by atoms with van der Waals surface area (Å²) in [5.74, 6) is -0.746. The molecule has 2 aromatic carbocycles. The second-order valence-corrected chi connectivity index (χ2v) is 6.46. The van der Waals surface area contributed by atoms with Crippen LogP contribution >= 0.6 is 0 Å². The number of alkyl halides is 3. The first-order valence-electron chi connectivity index (χ1n) is 9.02. The number of azide groups is 1. The van der Waals surface area contributed by atoms with Gasteiger partial charge < -0.3 is 14.8 Å². The Morgan fingerprint density at radius 2 is 2.03 bits per heavy atom. The zero-order valence-electron chi connectivity index (χ0n) is 16.2. The highest BCUT2D eigenvalue weighted by atomic mass is 19.4. The van der Waals surface area contributed by atoms with Gasteiger partial charge in [0, 0.05) is 22.7 Å². The Balaban J connectivity index is 1.49. The van der Waals surface area contributed by atoms with Crippen LogP contribution < -0.4 is 19.7 Å². The van der Waals surface area contributed by atoms with Gasteiger partial charge in [-0.05, 0) is 41.0 Å². The van der Waals surface area contributed by atoms with Crippen LogP contribution in [0.25, 0.3) is 10.4 Å². The number of benzene rings is 2. The van der Waals surface area contributed by atoms with Gasteiger partial charge in [-0.1, -0.05) is 0 Å². The van der Waals surface area contributed by atoms with Gasteiger partial charge in [0.2, 0.25) is 5.88 Å². The SMILES string of the molecule is [N-]=[N+]=Nc1cc(Oc2ccc3c(c2)OCN3C(=O)Nc2ccc(F)c(C(F)(F)F)c2)ncn1. The largest absolute Gasteiger partial charge is 0.470 e. The van der Waals surface area contributed by atoms with Gasteiger partial charge in [-0.15, -0.1) is 0 Å². The van der Waals surface area contributed by atoms with Crippen molar-refractivity contribution in [3.8, 4) is 17.4 Å². The monoisotopic (exact) mass is 461 g/mol. The van der Waals surface area contributed by atoms with E-state index in [2.05, 4.69) is 25.3 Å². The third-order valence-electron chi connectivity index (χ3n) is 4.34. The number of anilines is 2. The van der Waals surface area contributed by atoms with Crippen molar-refractivity contribution in [2.45, 2.75) is 6.18 Å². The number of rotatable bonds is 4. The molecule has 0 radical (unpaired) electrons. The maximum atomic E-state index is 13.5. The number of ether oxygens (including phenoxy) is 2. The van der Waals surface area contributed by atoms with Crippen molar-refractivity contribution in [1.29, 1.82) is 0 Å². The Morgan fingerprint density at radius 1 is 1.21 bits per heavy atom. The van der Waals surface area contributed by atoms with Crippen LogP contribution in [0.5, 0.6) is 17.4 Å². The highest BCUT2D eigenvalue weighted by Gasteiger charge is 2.34. The summed E-state index contributed by atoms with van der Waals surface area (Å²) in [6.07, 6.45) is -3.76. The van der Waals surface area contributed by atoms with E-state index in [1.807, 2.05) is 0 Å². The van der Waals surface area contributed by atoms with Crippen LogP contribution in [0.1, 0.15) is 5.56 Å². The highest BCUT2D eigenvalue weighted by molar-refractivity contribution is 6.03. The third-order valence-corrected chi connectivity index (χ3v) is 4.34. The summed E-state index contributed by atoms with van der Waals surface area (Å²) in [5, 5.41) is 5.63. The smallest absolute Gasteiger partial charge is 0.419 e. The zero-order chi connectivity index (χ0) is 23.6. The van der Waals surface area contributed by atoms with Gasteiger partial charge in [-0.3, -0.25) is 4.90 Å². The number of carbonyl (C=O) groups is 1. The van der Waals surface area contributed by atoms with Gasteiger partial charge in [0.1, 0.15) is 29.5 Å². The summed E-state index contributed by atoms with van der Waals surface area (Å²) in [4.78, 5) is 24.0. The van der Waals surface area contributed by atoms with Crippen LogP contribution in [0.2, 0.25) is 0 Å². The Labute approximate surface area is 182 Å². The van der Waals surface area contributed by atoms with Crippen LogP contribution in [0, 0.1) is 5.82 Å². The lowest BCUT2D eigenvalue weighted by Gasteiger charge is -2.17. The van der Waals surface area contributed by atoms with Crippen molar-refractivity contribution in [3.63, 3.8) is 0 Å². The number of fused-ring (bicyclic) bond motifs is 1. The first-order chi connectivity index (χ1) is 15.7. The predicted octanol–water partition coefficient (Wildman–Crippen LogP) is 5.76. The Hall–Kier alpha value is -4.58. The number of hydrogen-bond donors (Lipinski definition) is 1. The first kappa shape index (κ1) is 21.6. The number of nitrogens with one attached hydrogen (secondary N) is 1. The van der Waals surface area contributed by atoms with Crippen LogP contribution in [0.3, 0.4) is 0 Å². The van der Waals surface area contributed by atoms with E-state index in [1.54, 1.807) is 0 Å². The topological polar surface area (TPSA) is 125 Å². The highest BCUT2D eigenvalue weighted by Crippen LogP contribution is 2.39. The number of aromatic nitrogens is 2. The van der Waals surface area contributed by atoms with Crippen molar-refractivity contribution < 1.29 is 31.8 Å². The number of carbonyl (C=O) groups excluding carboxylic acids is 1. The molecule has 1 N–H and O–H groups in total. The molecule has 0 spiro atoms. The zero-order valence-corrected chi connectivity index (χ0v) is 16.2. The molecular weight excluding hydrogens is 450 g/mol. The number of hydrogen-bond acceptors (Lipinski definition) is 6. The lowest BCUT2D eigenvalue weighted by Crippen LogP contribution is -2.34. The van der Waals surface area contributed by atoms with E-state index in [0.29, 0.717) is 17.8 Å². The second-order valence-electron chi connectivity index (χ2n) is 6.46. The molecule has 0 atom stereocenters. The second kappa shape index (κ2) is 8.51. The van der Waals surface area contributed by atoms with Crippen molar-refractivity contribution in [2.24, 2.45) is 5.11 Å². The fourth-order valence-corrected chi connectivity index (χ4v) is 2.89. The minimum absolute atomic E-state index is 0.0530. The first-order valence-corrected chi connectivity index (χ1v) is 9.02. The standard InChI is InChI=1S/C19H11F4N7O3/c20-13-3-1-10(5-12(13)19(21,22)23)27-18(31)30-9-32-15-6-11(2-4-14(15)30)33-17-7-16(28-29-24)25-8-26-17/h1-8H,9H2,(H,27,31). The van der Waals surface area contributed by atoms with Crippen LogP contribution in [0.15, 0.2) is 53.9 Å². The van der Waals surface area contributed by atoms with Gasteiger partial charge in [-0.25, -0.2) is 19.2 Å². The van der Waals surface area contributed by atoms with Gasteiger partial charge in [-0.2, -0.15) is 13.2 Å². The van der Waals surface area contributed by atoms with Gasteiger partial charge in [0.05, 0.1) is 11.3 Å². The molecule has 2 heterocycles. The van der Waals surface area contributed by atoms with E-state index in [4.69, 9.17) is 15.0 Å². The normalized spacial score (nSPS) is 12.4. The molecule has 0 unspecified atom stereocenters. The molecule has 0 bridgehead atoms. The maximum Gasteiger partial charge on any atom is 0.419 e. The van der Waals surface area contributed by atoms with Crippen molar-refractivity contribution in [3.05, 3.63) is 70.6 Å². The van der Waals surface area contributed by atoms with Crippen LogP contribution in [0.4, 0.5) is 39.5 Å². The molecule has 0 saturated carbocycles. The van der Waals surface area contributed by atoms with E-state index >= 15 is 0 Å². The molecule has 1 aliphatic rings. The fourth-order valence-electron chi connectivity index (χ4n) is 2.89. The van der Waals surface area contributed by atoms with Gasteiger partial charge in [0.25, 0.3) is 0 Å². The molecule has 0 aliphatic carbocycles. The molecule has 10 nitrogen and oxygen atoms in total. The van der Waals surface area contributed by atoms with E-state index < -0.39 is 23.6 Å². The maximum absolute atomic E-state index is 13.5. The molecule has 14 heteroatoms. The summed E-state index contributed by atoms with van der Waals surface area (Å²) in [6.45, 7) is -0.216. The van der Waals surface area contributed by atoms with Crippen molar-refractivity contribution in [2.75, 3.05) is 16.9 Å². The lowest BCUT2D eigenvalue weighted by atomic mass is 10.2. The van der Waals surface area contributed by atoms with E-state index in [0.717, 1.165) is 17.3 Å². The molecule has 1 aromatic heterocycles. The molecular formula is C19H11F4N7O3. The average Bonchev–Trinajstić information content (AvgIpc) is 3.18. The molecule has 1 aliphatic heterocycles. The molecule has 33 heavy (non-hydrogen) atoms. The van der Waals surface area contributed by atoms with Crippen molar-refractivity contribution in [1.82, 2.24) is 9.97 Å². The molecule has 4 rings (SSSR count). The quantitative estimate of drug-likeness (QED) is 0.229.